The molecule has 12 heavy (non-hydrogen) atoms. The van der Waals surface area contributed by atoms with Gasteiger partial charge in [-0.05, 0) is 31.4 Å². The third-order valence-corrected chi connectivity index (χ3v) is 2.07. The van der Waals surface area contributed by atoms with Gasteiger partial charge in [0.1, 0.15) is 0 Å². The molecule has 1 heterocycles. The van der Waals surface area contributed by atoms with Crippen LogP contribution in [-0.2, 0) is 6.42 Å². The van der Waals surface area contributed by atoms with Crippen LogP contribution in [0.25, 0.3) is 0 Å². The zero-order chi connectivity index (χ0) is 8.97. The molecule has 0 radical (unpaired) electrons. The first-order valence-electron chi connectivity index (χ1n) is 4.04. The summed E-state index contributed by atoms with van der Waals surface area (Å²) in [7, 11) is 0. The summed E-state index contributed by atoms with van der Waals surface area (Å²) in [5, 5.41) is 0.734. The third-order valence-electron chi connectivity index (χ3n) is 1.73. The summed E-state index contributed by atoms with van der Waals surface area (Å²) in [6.45, 7) is 2.00. The molecule has 0 bridgehead atoms. The van der Waals surface area contributed by atoms with Gasteiger partial charge in [0.05, 0.1) is 5.02 Å². The van der Waals surface area contributed by atoms with Crippen molar-refractivity contribution in [3.05, 3.63) is 29.0 Å². The van der Waals surface area contributed by atoms with Crippen molar-refractivity contribution < 1.29 is 0 Å². The molecular formula is C9H13ClN2. The highest BCUT2D eigenvalue weighted by atomic mass is 35.5. The van der Waals surface area contributed by atoms with Gasteiger partial charge in [0.15, 0.2) is 0 Å². The van der Waals surface area contributed by atoms with Crippen LogP contribution < -0.4 is 5.73 Å². The molecule has 0 saturated carbocycles. The number of aryl methyl sites for hydroxylation is 1. The molecule has 2 N–H and O–H groups in total. The maximum absolute atomic E-state index is 5.90. The Balaban J connectivity index is 2.57. The fourth-order valence-electron chi connectivity index (χ4n) is 0.990. The highest BCUT2D eigenvalue weighted by molar-refractivity contribution is 6.31. The van der Waals surface area contributed by atoms with E-state index in [2.05, 4.69) is 4.98 Å². The quantitative estimate of drug-likeness (QED) is 0.781. The van der Waals surface area contributed by atoms with E-state index in [9.17, 15) is 0 Å². The Hall–Kier alpha value is -0.600. The standard InChI is InChI=1S/C9H13ClN2/c1-7(11)2-3-8-4-5-12-6-9(8)10/h4-7H,2-3,11H2,1H3/t7-/m1/s1. The molecule has 1 rings (SSSR count). The maximum Gasteiger partial charge on any atom is 0.0621 e. The molecule has 0 unspecified atom stereocenters. The first-order chi connectivity index (χ1) is 5.70. The molecular weight excluding hydrogens is 172 g/mol. The minimum Gasteiger partial charge on any atom is -0.328 e. The lowest BCUT2D eigenvalue weighted by Crippen LogP contribution is -2.15. The number of nitrogens with two attached hydrogens (primary N) is 1. The highest BCUT2D eigenvalue weighted by Gasteiger charge is 2.00. The summed E-state index contributed by atoms with van der Waals surface area (Å²) in [6.07, 6.45) is 5.31. The van der Waals surface area contributed by atoms with E-state index < -0.39 is 0 Å². The summed E-state index contributed by atoms with van der Waals surface area (Å²) >= 11 is 5.90. The summed E-state index contributed by atoms with van der Waals surface area (Å²) in [5.74, 6) is 0. The van der Waals surface area contributed by atoms with Gasteiger partial charge in [-0.15, -0.1) is 0 Å². The summed E-state index contributed by atoms with van der Waals surface area (Å²) < 4.78 is 0. The van der Waals surface area contributed by atoms with Crippen molar-refractivity contribution in [2.45, 2.75) is 25.8 Å². The second-order valence-corrected chi connectivity index (χ2v) is 3.39. The minimum atomic E-state index is 0.231. The Morgan fingerprint density at radius 1 is 1.67 bits per heavy atom. The van der Waals surface area contributed by atoms with Crippen LogP contribution in [0.3, 0.4) is 0 Å². The van der Waals surface area contributed by atoms with Crippen LogP contribution in [0.5, 0.6) is 0 Å². The van der Waals surface area contributed by atoms with E-state index in [1.807, 2.05) is 13.0 Å². The third kappa shape index (κ3) is 2.80. The van der Waals surface area contributed by atoms with Gasteiger partial charge in [0.2, 0.25) is 0 Å². The van der Waals surface area contributed by atoms with E-state index >= 15 is 0 Å². The first-order valence-corrected chi connectivity index (χ1v) is 4.42. The Morgan fingerprint density at radius 2 is 2.42 bits per heavy atom. The van der Waals surface area contributed by atoms with Crippen LogP contribution in [-0.4, -0.2) is 11.0 Å². The number of rotatable bonds is 3. The molecule has 3 heteroatoms. The smallest absolute Gasteiger partial charge is 0.0621 e. The zero-order valence-electron chi connectivity index (χ0n) is 7.13. The highest BCUT2D eigenvalue weighted by Crippen LogP contribution is 2.15. The van der Waals surface area contributed by atoms with Crippen LogP contribution in [0.15, 0.2) is 18.5 Å². The molecule has 0 fully saturated rings. The molecule has 0 spiro atoms. The summed E-state index contributed by atoms with van der Waals surface area (Å²) in [5.41, 5.74) is 6.76. The van der Waals surface area contributed by atoms with E-state index in [-0.39, 0.29) is 6.04 Å². The molecule has 1 atom stereocenters. The zero-order valence-corrected chi connectivity index (χ0v) is 7.88. The minimum absolute atomic E-state index is 0.231. The fourth-order valence-corrected chi connectivity index (χ4v) is 1.20. The molecule has 66 valence electrons. The molecule has 0 aliphatic heterocycles. The molecule has 0 aliphatic rings. The molecule has 0 saturated heterocycles. The van der Waals surface area contributed by atoms with Crippen molar-refractivity contribution in [1.29, 1.82) is 0 Å². The summed E-state index contributed by atoms with van der Waals surface area (Å²) in [4.78, 5) is 3.91. The number of hydrogen-bond donors (Lipinski definition) is 1. The second kappa shape index (κ2) is 4.43. The molecule has 0 amide bonds. The molecule has 2 nitrogen and oxygen atoms in total. The Kier molecular flexibility index (Phi) is 3.50. The van der Waals surface area contributed by atoms with E-state index in [1.165, 1.54) is 0 Å². The molecule has 1 aromatic heterocycles. The van der Waals surface area contributed by atoms with Crippen molar-refractivity contribution >= 4 is 11.6 Å². The lowest BCUT2D eigenvalue weighted by molar-refractivity contribution is 0.666. The second-order valence-electron chi connectivity index (χ2n) is 2.98. The van der Waals surface area contributed by atoms with E-state index in [0.29, 0.717) is 0 Å². The van der Waals surface area contributed by atoms with Crippen molar-refractivity contribution in [3.8, 4) is 0 Å². The Bertz CT molecular complexity index is 248. The van der Waals surface area contributed by atoms with Crippen LogP contribution >= 0.6 is 11.6 Å². The lowest BCUT2D eigenvalue weighted by atomic mass is 10.1. The van der Waals surface area contributed by atoms with Gasteiger partial charge in [-0.25, -0.2) is 0 Å². The average molecular weight is 185 g/mol. The van der Waals surface area contributed by atoms with Crippen molar-refractivity contribution in [2.75, 3.05) is 0 Å². The number of aromatic nitrogens is 1. The van der Waals surface area contributed by atoms with E-state index in [4.69, 9.17) is 17.3 Å². The predicted octanol–water partition coefficient (Wildman–Crippen LogP) is 2.01. The van der Waals surface area contributed by atoms with Crippen molar-refractivity contribution in [1.82, 2.24) is 4.98 Å². The molecule has 0 aliphatic carbocycles. The summed E-state index contributed by atoms with van der Waals surface area (Å²) in [6, 6.07) is 2.17. The Morgan fingerprint density at radius 3 is 3.00 bits per heavy atom. The monoisotopic (exact) mass is 184 g/mol. The van der Waals surface area contributed by atoms with E-state index in [1.54, 1.807) is 12.4 Å². The number of nitrogens with zero attached hydrogens (tertiary/aromatic N) is 1. The van der Waals surface area contributed by atoms with Gasteiger partial charge >= 0.3 is 0 Å². The fraction of sp³-hybridized carbons (Fsp3) is 0.444. The van der Waals surface area contributed by atoms with E-state index in [0.717, 1.165) is 23.4 Å². The lowest BCUT2D eigenvalue weighted by Gasteiger charge is -2.05. The van der Waals surface area contributed by atoms with Crippen molar-refractivity contribution in [2.24, 2.45) is 5.73 Å². The number of halogens is 1. The topological polar surface area (TPSA) is 38.9 Å². The number of pyridine rings is 1. The maximum atomic E-state index is 5.90. The molecule has 1 aromatic rings. The molecule has 0 aromatic carbocycles. The van der Waals surface area contributed by atoms with Crippen LogP contribution in [0.2, 0.25) is 5.02 Å². The van der Waals surface area contributed by atoms with Gasteiger partial charge in [-0.2, -0.15) is 0 Å². The average Bonchev–Trinajstić information content (AvgIpc) is 2.03. The van der Waals surface area contributed by atoms with Gasteiger partial charge < -0.3 is 5.73 Å². The van der Waals surface area contributed by atoms with Gasteiger partial charge in [-0.1, -0.05) is 11.6 Å². The van der Waals surface area contributed by atoms with Crippen LogP contribution in [0, 0.1) is 0 Å². The SMILES string of the molecule is C[C@@H](N)CCc1ccncc1Cl. The largest absolute Gasteiger partial charge is 0.328 e. The van der Waals surface area contributed by atoms with Gasteiger partial charge in [0.25, 0.3) is 0 Å². The van der Waals surface area contributed by atoms with Crippen LogP contribution in [0.4, 0.5) is 0 Å². The van der Waals surface area contributed by atoms with Crippen LogP contribution in [0.1, 0.15) is 18.9 Å². The van der Waals surface area contributed by atoms with Gasteiger partial charge in [-0.3, -0.25) is 4.98 Å². The van der Waals surface area contributed by atoms with Crippen molar-refractivity contribution in [3.63, 3.8) is 0 Å². The van der Waals surface area contributed by atoms with Gasteiger partial charge in [0, 0.05) is 18.4 Å². The first kappa shape index (κ1) is 9.49. The predicted molar refractivity (Wildman–Crippen MR) is 51.2 cm³/mol. The normalized spacial score (nSPS) is 12.9. The Labute approximate surface area is 77.8 Å². The number of hydrogen-bond acceptors (Lipinski definition) is 2.